The van der Waals surface area contributed by atoms with Crippen LogP contribution < -0.4 is 4.72 Å². The maximum absolute atomic E-state index is 12.0. The van der Waals surface area contributed by atoms with Gasteiger partial charge in [-0.25, -0.2) is 8.42 Å². The summed E-state index contributed by atoms with van der Waals surface area (Å²) < 4.78 is 28.0. The molecule has 3 nitrogen and oxygen atoms in total. The van der Waals surface area contributed by atoms with Crippen molar-refractivity contribution in [3.8, 4) is 0 Å². The van der Waals surface area contributed by atoms with Crippen molar-refractivity contribution < 1.29 is 8.42 Å². The van der Waals surface area contributed by atoms with Crippen LogP contribution in [-0.4, -0.2) is 8.42 Å². The zero-order valence-corrected chi connectivity index (χ0v) is 12.9. The molecular weight excluding hydrogens is 393 g/mol. The number of rotatable bonds is 3. The minimum absolute atomic E-state index is 0.210. The highest BCUT2D eigenvalue weighted by atomic mass is 127. The van der Waals surface area contributed by atoms with Crippen molar-refractivity contribution >= 4 is 61.2 Å². The van der Waals surface area contributed by atoms with E-state index in [9.17, 15) is 8.42 Å². The fourth-order valence-corrected chi connectivity index (χ4v) is 4.45. The Morgan fingerprint density at radius 3 is 2.47 bits per heavy atom. The summed E-state index contributed by atoms with van der Waals surface area (Å²) in [6.45, 7) is 0. The summed E-state index contributed by atoms with van der Waals surface area (Å²) in [6, 6.07) is 10.2. The molecule has 90 valence electrons. The summed E-state index contributed by atoms with van der Waals surface area (Å²) in [5.74, 6) is 0. The summed E-state index contributed by atoms with van der Waals surface area (Å²) in [6.07, 6.45) is 0. The smallest absolute Gasteiger partial charge is 0.271 e. The van der Waals surface area contributed by atoms with Crippen molar-refractivity contribution in [3.05, 3.63) is 44.3 Å². The molecule has 0 spiro atoms. The third-order valence-electron chi connectivity index (χ3n) is 1.93. The van der Waals surface area contributed by atoms with E-state index in [0.717, 1.165) is 14.9 Å². The first-order valence-electron chi connectivity index (χ1n) is 4.52. The molecule has 1 heterocycles. The number of hydrogen-bond acceptors (Lipinski definition) is 3. The molecule has 17 heavy (non-hydrogen) atoms. The molecule has 0 unspecified atom stereocenters. The van der Waals surface area contributed by atoms with E-state index in [4.69, 9.17) is 11.6 Å². The van der Waals surface area contributed by atoms with Gasteiger partial charge in [0.2, 0.25) is 0 Å². The summed E-state index contributed by atoms with van der Waals surface area (Å²) in [4.78, 5) is 0. The Bertz CT molecular complexity index is 639. The highest BCUT2D eigenvalue weighted by Crippen LogP contribution is 2.28. The van der Waals surface area contributed by atoms with Gasteiger partial charge in [0.15, 0.2) is 0 Å². The number of sulfonamides is 1. The van der Waals surface area contributed by atoms with Gasteiger partial charge in [-0.15, -0.1) is 11.3 Å². The highest BCUT2D eigenvalue weighted by molar-refractivity contribution is 14.1. The summed E-state index contributed by atoms with van der Waals surface area (Å²) in [7, 11) is -3.54. The van der Waals surface area contributed by atoms with Crippen LogP contribution in [0.5, 0.6) is 0 Å². The van der Waals surface area contributed by atoms with Crippen LogP contribution in [0, 0.1) is 3.57 Å². The van der Waals surface area contributed by atoms with E-state index in [2.05, 4.69) is 27.3 Å². The average molecular weight is 400 g/mol. The lowest BCUT2D eigenvalue weighted by atomic mass is 10.3. The molecule has 0 saturated heterocycles. The van der Waals surface area contributed by atoms with Gasteiger partial charge in [-0.05, 0) is 46.9 Å². The first-order chi connectivity index (χ1) is 7.99. The average Bonchev–Trinajstić information content (AvgIpc) is 2.69. The van der Waals surface area contributed by atoms with Gasteiger partial charge in [0.1, 0.15) is 4.21 Å². The maximum Gasteiger partial charge on any atom is 0.271 e. The highest BCUT2D eigenvalue weighted by Gasteiger charge is 2.17. The minimum atomic E-state index is -3.54. The molecule has 0 radical (unpaired) electrons. The summed E-state index contributed by atoms with van der Waals surface area (Å²) in [5, 5.41) is 0. The van der Waals surface area contributed by atoms with Gasteiger partial charge in [0, 0.05) is 3.57 Å². The fraction of sp³-hybridized carbons (Fsp3) is 0. The van der Waals surface area contributed by atoms with Gasteiger partial charge in [-0.1, -0.05) is 23.7 Å². The molecule has 0 atom stereocenters. The van der Waals surface area contributed by atoms with E-state index in [0.29, 0.717) is 10.0 Å². The Morgan fingerprint density at radius 2 is 1.88 bits per heavy atom. The Kier molecular flexibility index (Phi) is 3.96. The molecular formula is C10H7ClINO2S2. The van der Waals surface area contributed by atoms with Crippen LogP contribution in [0.2, 0.25) is 4.34 Å². The second-order valence-electron chi connectivity index (χ2n) is 3.14. The second kappa shape index (κ2) is 5.13. The lowest BCUT2D eigenvalue weighted by Crippen LogP contribution is -2.12. The predicted molar refractivity (Wildman–Crippen MR) is 79.3 cm³/mol. The molecule has 0 amide bonds. The Balaban J connectivity index is 2.33. The molecule has 0 fully saturated rings. The Hall–Kier alpha value is -0.310. The van der Waals surface area contributed by atoms with Crippen LogP contribution in [0.15, 0.2) is 40.6 Å². The van der Waals surface area contributed by atoms with Gasteiger partial charge >= 0.3 is 0 Å². The molecule has 0 saturated carbocycles. The first kappa shape index (κ1) is 13.1. The third kappa shape index (κ3) is 3.12. The molecule has 0 aliphatic carbocycles. The van der Waals surface area contributed by atoms with E-state index in [1.165, 1.54) is 6.07 Å². The number of hydrogen-bond donors (Lipinski definition) is 1. The van der Waals surface area contributed by atoms with Gasteiger partial charge in [-0.3, -0.25) is 4.72 Å². The molecule has 0 bridgehead atoms. The zero-order valence-electron chi connectivity index (χ0n) is 8.35. The van der Waals surface area contributed by atoms with Crippen molar-refractivity contribution in [2.45, 2.75) is 4.21 Å². The van der Waals surface area contributed by atoms with Gasteiger partial charge in [0.05, 0.1) is 10.0 Å². The van der Waals surface area contributed by atoms with Gasteiger partial charge < -0.3 is 0 Å². The van der Waals surface area contributed by atoms with Crippen molar-refractivity contribution in [2.24, 2.45) is 0 Å². The molecule has 7 heteroatoms. The first-order valence-corrected chi connectivity index (χ1v) is 8.27. The summed E-state index contributed by atoms with van der Waals surface area (Å²) in [5.41, 5.74) is 0.567. The Morgan fingerprint density at radius 1 is 1.18 bits per heavy atom. The van der Waals surface area contributed by atoms with E-state index in [1.54, 1.807) is 18.2 Å². The minimum Gasteiger partial charge on any atom is -0.278 e. The SMILES string of the molecule is O=S(=O)(Nc1ccccc1I)c1ccc(Cl)s1. The summed E-state index contributed by atoms with van der Waals surface area (Å²) >= 11 is 8.83. The van der Waals surface area contributed by atoms with Crippen LogP contribution in [0.25, 0.3) is 0 Å². The molecule has 1 aromatic carbocycles. The van der Waals surface area contributed by atoms with Gasteiger partial charge in [0.25, 0.3) is 10.0 Å². The number of thiophene rings is 1. The molecule has 0 aliphatic rings. The van der Waals surface area contributed by atoms with E-state index in [-0.39, 0.29) is 4.21 Å². The van der Waals surface area contributed by atoms with E-state index in [1.807, 2.05) is 12.1 Å². The standard InChI is InChI=1S/C10H7ClINO2S2/c11-9-5-6-10(16-9)17(14,15)13-8-4-2-1-3-7(8)12/h1-6,13H. The number of halogens is 2. The number of benzene rings is 1. The Labute approximate surface area is 122 Å². The number of anilines is 1. The van der Waals surface area contributed by atoms with Crippen LogP contribution in [-0.2, 0) is 10.0 Å². The molecule has 2 rings (SSSR count). The van der Waals surface area contributed by atoms with Gasteiger partial charge in [-0.2, -0.15) is 0 Å². The maximum atomic E-state index is 12.0. The molecule has 0 aliphatic heterocycles. The van der Waals surface area contributed by atoms with Crippen LogP contribution in [0.3, 0.4) is 0 Å². The molecule has 1 N–H and O–H groups in total. The van der Waals surface area contributed by atoms with E-state index >= 15 is 0 Å². The third-order valence-corrected chi connectivity index (χ3v) is 5.96. The predicted octanol–water partition coefficient (Wildman–Crippen LogP) is 3.81. The number of nitrogens with one attached hydrogen (secondary N) is 1. The van der Waals surface area contributed by atoms with Crippen LogP contribution in [0.4, 0.5) is 5.69 Å². The topological polar surface area (TPSA) is 46.2 Å². The lowest BCUT2D eigenvalue weighted by Gasteiger charge is -2.07. The molecule has 2 aromatic rings. The monoisotopic (exact) mass is 399 g/mol. The van der Waals surface area contributed by atoms with E-state index < -0.39 is 10.0 Å². The van der Waals surface area contributed by atoms with Crippen molar-refractivity contribution in [1.29, 1.82) is 0 Å². The van der Waals surface area contributed by atoms with Crippen molar-refractivity contribution in [1.82, 2.24) is 0 Å². The molecule has 1 aromatic heterocycles. The normalized spacial score (nSPS) is 11.4. The van der Waals surface area contributed by atoms with Crippen LogP contribution in [0.1, 0.15) is 0 Å². The van der Waals surface area contributed by atoms with Crippen molar-refractivity contribution in [2.75, 3.05) is 4.72 Å². The van der Waals surface area contributed by atoms with Crippen molar-refractivity contribution in [3.63, 3.8) is 0 Å². The van der Waals surface area contributed by atoms with Crippen LogP contribution >= 0.6 is 45.5 Å². The number of para-hydroxylation sites is 1. The second-order valence-corrected chi connectivity index (χ2v) is 7.93. The quantitative estimate of drug-likeness (QED) is 0.798. The lowest BCUT2D eigenvalue weighted by molar-refractivity contribution is 0.603. The zero-order chi connectivity index (χ0) is 12.5. The largest absolute Gasteiger partial charge is 0.278 e. The fourth-order valence-electron chi connectivity index (χ4n) is 1.18.